The highest BCUT2D eigenvalue weighted by Gasteiger charge is 2.38. The van der Waals surface area contributed by atoms with Crippen LogP contribution in [0.15, 0.2) is 66.9 Å². The molecule has 0 radical (unpaired) electrons. The summed E-state index contributed by atoms with van der Waals surface area (Å²) in [5.41, 5.74) is 4.76. The van der Waals surface area contributed by atoms with Crippen LogP contribution >= 0.6 is 11.3 Å². The van der Waals surface area contributed by atoms with E-state index in [0.29, 0.717) is 18.2 Å². The largest absolute Gasteiger partial charge is 0.312 e. The number of para-hydroxylation sites is 1. The molecule has 0 N–H and O–H groups in total. The fraction of sp³-hybridized carbons (Fsp3) is 0.231. The molecule has 5 rings (SSSR count). The molecule has 1 saturated heterocycles. The van der Waals surface area contributed by atoms with Gasteiger partial charge in [0.05, 0.1) is 28.4 Å². The zero-order chi connectivity index (χ0) is 22.9. The quantitative estimate of drug-likeness (QED) is 0.429. The second kappa shape index (κ2) is 8.75. The van der Waals surface area contributed by atoms with Crippen molar-refractivity contribution in [3.8, 4) is 0 Å². The molecule has 33 heavy (non-hydrogen) atoms. The molecule has 1 aliphatic heterocycles. The first-order chi connectivity index (χ1) is 16.0. The third-order valence-electron chi connectivity index (χ3n) is 5.90. The third-order valence-corrected chi connectivity index (χ3v) is 6.93. The summed E-state index contributed by atoms with van der Waals surface area (Å²) in [5, 5.41) is 0.639. The predicted octanol–water partition coefficient (Wildman–Crippen LogP) is 4.89. The maximum atomic E-state index is 13.8. The number of fused-ring (bicyclic) bond motifs is 1. The lowest BCUT2D eigenvalue weighted by atomic mass is 10.1. The van der Waals surface area contributed by atoms with Gasteiger partial charge in [-0.15, -0.1) is 0 Å². The first kappa shape index (κ1) is 21.3. The van der Waals surface area contributed by atoms with Crippen LogP contribution in [0.4, 0.5) is 10.8 Å². The smallest absolute Gasteiger partial charge is 0.234 e. The second-order valence-corrected chi connectivity index (χ2v) is 9.42. The van der Waals surface area contributed by atoms with Crippen LogP contribution in [0.25, 0.3) is 10.2 Å². The summed E-state index contributed by atoms with van der Waals surface area (Å²) < 4.78 is 1.05. The van der Waals surface area contributed by atoms with Crippen molar-refractivity contribution in [2.24, 2.45) is 5.92 Å². The maximum Gasteiger partial charge on any atom is 0.234 e. The molecular formula is C26H24N4O2S. The standard InChI is InChI=1S/C26H24N4O2S/c1-17-12-18(2)24-22(13-17)33-26(28-24)30(16-20-8-6-7-11-27-20)25(32)19-14-23(31)29(15-19)21-9-4-3-5-10-21/h3-13,19H,14-16H2,1-2H3. The molecule has 1 atom stereocenters. The van der Waals surface area contributed by atoms with Crippen LogP contribution in [-0.2, 0) is 16.1 Å². The van der Waals surface area contributed by atoms with Crippen molar-refractivity contribution >= 4 is 44.2 Å². The maximum absolute atomic E-state index is 13.8. The molecule has 166 valence electrons. The molecule has 1 unspecified atom stereocenters. The van der Waals surface area contributed by atoms with Crippen molar-refractivity contribution in [2.45, 2.75) is 26.8 Å². The van der Waals surface area contributed by atoms with Crippen molar-refractivity contribution in [3.63, 3.8) is 0 Å². The Morgan fingerprint density at radius 3 is 2.67 bits per heavy atom. The van der Waals surface area contributed by atoms with E-state index in [1.165, 1.54) is 11.3 Å². The van der Waals surface area contributed by atoms with Crippen molar-refractivity contribution < 1.29 is 9.59 Å². The van der Waals surface area contributed by atoms with Gasteiger partial charge in [0.15, 0.2) is 5.13 Å². The van der Waals surface area contributed by atoms with Crippen LogP contribution in [0.3, 0.4) is 0 Å². The number of aromatic nitrogens is 2. The lowest BCUT2D eigenvalue weighted by Gasteiger charge is -2.23. The summed E-state index contributed by atoms with van der Waals surface area (Å²) in [7, 11) is 0. The number of hydrogen-bond acceptors (Lipinski definition) is 5. The van der Waals surface area contributed by atoms with Crippen molar-refractivity contribution in [1.82, 2.24) is 9.97 Å². The lowest BCUT2D eigenvalue weighted by molar-refractivity contribution is -0.124. The molecule has 0 spiro atoms. The Bertz CT molecular complexity index is 1320. The molecule has 1 aliphatic rings. The highest BCUT2D eigenvalue weighted by molar-refractivity contribution is 7.22. The topological polar surface area (TPSA) is 66.4 Å². The van der Waals surface area contributed by atoms with E-state index >= 15 is 0 Å². The minimum atomic E-state index is -0.434. The zero-order valence-corrected chi connectivity index (χ0v) is 19.4. The van der Waals surface area contributed by atoms with Gasteiger partial charge in [-0.3, -0.25) is 19.5 Å². The molecule has 2 aromatic carbocycles. The fourth-order valence-electron chi connectivity index (χ4n) is 4.32. The first-order valence-electron chi connectivity index (χ1n) is 10.9. The molecular weight excluding hydrogens is 432 g/mol. The molecule has 2 amide bonds. The average molecular weight is 457 g/mol. The van der Waals surface area contributed by atoms with E-state index in [2.05, 4.69) is 24.0 Å². The van der Waals surface area contributed by atoms with E-state index in [4.69, 9.17) is 4.98 Å². The Hall–Kier alpha value is -3.58. The monoisotopic (exact) mass is 456 g/mol. The zero-order valence-electron chi connectivity index (χ0n) is 18.6. The summed E-state index contributed by atoms with van der Waals surface area (Å²) in [6, 6.07) is 19.4. The van der Waals surface area contributed by atoms with Gasteiger partial charge in [0.25, 0.3) is 0 Å². The molecule has 1 fully saturated rings. The number of rotatable bonds is 5. The van der Waals surface area contributed by atoms with Crippen molar-refractivity contribution in [1.29, 1.82) is 0 Å². The number of thiazole rings is 1. The normalized spacial score (nSPS) is 15.9. The number of carbonyl (C=O) groups excluding carboxylic acids is 2. The SMILES string of the molecule is Cc1cc(C)c2nc(N(Cc3ccccn3)C(=O)C3CC(=O)N(c4ccccc4)C3)sc2c1. The number of hydrogen-bond donors (Lipinski definition) is 0. The third kappa shape index (κ3) is 4.24. The van der Waals surface area contributed by atoms with E-state index in [1.54, 1.807) is 16.0 Å². The fourth-order valence-corrected chi connectivity index (χ4v) is 5.47. The highest BCUT2D eigenvalue weighted by atomic mass is 32.1. The summed E-state index contributed by atoms with van der Waals surface area (Å²) >= 11 is 1.51. The van der Waals surface area contributed by atoms with Crippen molar-refractivity contribution in [2.75, 3.05) is 16.3 Å². The number of pyridine rings is 1. The van der Waals surface area contributed by atoms with Crippen LogP contribution in [0.2, 0.25) is 0 Å². The van der Waals surface area contributed by atoms with E-state index in [0.717, 1.165) is 32.7 Å². The Balaban J connectivity index is 1.49. The first-order valence-corrected chi connectivity index (χ1v) is 11.8. The molecule has 4 aromatic rings. The van der Waals surface area contributed by atoms with Crippen LogP contribution in [0.1, 0.15) is 23.2 Å². The van der Waals surface area contributed by atoms with E-state index in [1.807, 2.05) is 55.5 Å². The number of amides is 2. The number of nitrogens with zero attached hydrogens (tertiary/aromatic N) is 4. The van der Waals surface area contributed by atoms with Crippen LogP contribution in [-0.4, -0.2) is 28.3 Å². The lowest BCUT2D eigenvalue weighted by Crippen LogP contribution is -2.37. The summed E-state index contributed by atoms with van der Waals surface area (Å²) in [6.45, 7) is 4.78. The van der Waals surface area contributed by atoms with E-state index < -0.39 is 5.92 Å². The number of aryl methyl sites for hydroxylation is 2. The highest BCUT2D eigenvalue weighted by Crippen LogP contribution is 2.34. The van der Waals surface area contributed by atoms with Gasteiger partial charge in [-0.25, -0.2) is 4.98 Å². The van der Waals surface area contributed by atoms with Crippen LogP contribution in [0, 0.1) is 19.8 Å². The van der Waals surface area contributed by atoms with Crippen molar-refractivity contribution in [3.05, 3.63) is 83.7 Å². The van der Waals surface area contributed by atoms with E-state index in [9.17, 15) is 9.59 Å². The summed E-state index contributed by atoms with van der Waals surface area (Å²) in [6.07, 6.45) is 1.91. The van der Waals surface area contributed by atoms with Gasteiger partial charge in [-0.2, -0.15) is 0 Å². The average Bonchev–Trinajstić information content (AvgIpc) is 3.42. The van der Waals surface area contributed by atoms with Gasteiger partial charge in [0.2, 0.25) is 11.8 Å². The van der Waals surface area contributed by atoms with Gasteiger partial charge in [-0.05, 0) is 55.3 Å². The molecule has 0 aliphatic carbocycles. The van der Waals surface area contributed by atoms with Gasteiger partial charge in [-0.1, -0.05) is 41.7 Å². The minimum absolute atomic E-state index is 0.0342. The summed E-state index contributed by atoms with van der Waals surface area (Å²) in [4.78, 5) is 39.2. The molecule has 7 heteroatoms. The molecule has 0 saturated carbocycles. The number of anilines is 2. The molecule has 0 bridgehead atoms. The molecule has 2 aromatic heterocycles. The molecule has 3 heterocycles. The second-order valence-electron chi connectivity index (χ2n) is 8.41. The van der Waals surface area contributed by atoms with Gasteiger partial charge >= 0.3 is 0 Å². The van der Waals surface area contributed by atoms with Crippen LogP contribution in [0.5, 0.6) is 0 Å². The number of benzene rings is 2. The Morgan fingerprint density at radius 2 is 1.91 bits per heavy atom. The Labute approximate surface area is 196 Å². The van der Waals surface area contributed by atoms with Gasteiger partial charge < -0.3 is 4.90 Å². The number of carbonyl (C=O) groups is 2. The Morgan fingerprint density at radius 1 is 1.12 bits per heavy atom. The van der Waals surface area contributed by atoms with Gasteiger partial charge in [0.1, 0.15) is 0 Å². The Kier molecular flexibility index (Phi) is 5.64. The van der Waals surface area contributed by atoms with Gasteiger partial charge in [0, 0.05) is 24.8 Å². The van der Waals surface area contributed by atoms with E-state index in [-0.39, 0.29) is 18.2 Å². The summed E-state index contributed by atoms with van der Waals surface area (Å²) in [5.74, 6) is -0.565. The minimum Gasteiger partial charge on any atom is -0.312 e. The van der Waals surface area contributed by atoms with Crippen LogP contribution < -0.4 is 9.80 Å². The predicted molar refractivity (Wildman–Crippen MR) is 131 cm³/mol. The molecule has 6 nitrogen and oxygen atoms in total.